The highest BCUT2D eigenvalue weighted by atomic mass is 127. The Morgan fingerprint density at radius 2 is 1.77 bits per heavy atom. The summed E-state index contributed by atoms with van der Waals surface area (Å²) in [7, 11) is -8.43. The number of hydrogen-bond acceptors (Lipinski definition) is 8. The fraction of sp³-hybridized carbons (Fsp3) is 0.391. The fourth-order valence-electron chi connectivity index (χ4n) is 4.43. The Kier molecular flexibility index (Phi) is 8.30. The van der Waals surface area contributed by atoms with E-state index in [4.69, 9.17) is 14.1 Å². The van der Waals surface area contributed by atoms with Gasteiger partial charge in [-0.25, -0.2) is 13.2 Å². The molecule has 0 spiro atoms. The first-order valence-electron chi connectivity index (χ1n) is 11.4. The molecule has 0 radical (unpaired) electrons. The zero-order chi connectivity index (χ0) is 28.9. The number of anilines is 2. The van der Waals surface area contributed by atoms with Crippen molar-refractivity contribution in [1.82, 2.24) is 0 Å². The highest BCUT2D eigenvalue weighted by Crippen LogP contribution is 2.62. The molecule has 1 aromatic heterocycles. The van der Waals surface area contributed by atoms with Crippen LogP contribution in [-0.2, 0) is 20.2 Å². The summed E-state index contributed by atoms with van der Waals surface area (Å²) in [5, 5.41) is 20.8. The minimum Gasteiger partial charge on any atom is -0.464 e. The average Bonchev–Trinajstić information content (AvgIpc) is 3.75. The Morgan fingerprint density at radius 1 is 1.10 bits per heavy atom. The van der Waals surface area contributed by atoms with Gasteiger partial charge in [-0.15, -0.1) is 0 Å². The third-order valence-electron chi connectivity index (χ3n) is 6.64. The van der Waals surface area contributed by atoms with E-state index in [0.29, 0.717) is 16.4 Å². The monoisotopic (exact) mass is 705 g/mol. The topological polar surface area (TPSA) is 174 Å². The molecule has 2 saturated carbocycles. The number of aliphatic hydroxyl groups excluding tert-OH is 2. The number of halogens is 4. The molecule has 2 aromatic carbocycles. The van der Waals surface area contributed by atoms with Crippen LogP contribution in [0.5, 0.6) is 0 Å². The van der Waals surface area contributed by atoms with Crippen LogP contribution in [0.2, 0.25) is 0 Å². The van der Waals surface area contributed by atoms with Gasteiger partial charge in [0.05, 0.1) is 41.0 Å². The van der Waals surface area contributed by atoms with E-state index in [-0.39, 0.29) is 28.6 Å². The summed E-state index contributed by atoms with van der Waals surface area (Å²) < 4.78 is 111. The second-order valence-electron chi connectivity index (χ2n) is 9.38. The molecule has 1 heterocycles. The minimum absolute atomic E-state index is 0.121. The molecule has 5 rings (SSSR count). The molecule has 10 nitrogen and oxygen atoms in total. The lowest BCUT2D eigenvalue weighted by Crippen LogP contribution is -2.31. The van der Waals surface area contributed by atoms with Crippen LogP contribution in [-0.4, -0.2) is 58.9 Å². The first-order chi connectivity index (χ1) is 18.1. The Hall–Kier alpha value is -1.96. The quantitative estimate of drug-likeness (QED) is 0.170. The molecule has 0 aliphatic heterocycles. The van der Waals surface area contributed by atoms with Crippen molar-refractivity contribution in [3.05, 3.63) is 57.1 Å². The van der Waals surface area contributed by atoms with E-state index >= 15 is 4.39 Å². The lowest BCUT2D eigenvalue weighted by molar-refractivity contribution is 0.0847. The van der Waals surface area contributed by atoms with Crippen LogP contribution >= 0.6 is 22.6 Å². The Morgan fingerprint density at radius 3 is 2.28 bits per heavy atom. The maximum atomic E-state index is 15.1. The van der Waals surface area contributed by atoms with Crippen molar-refractivity contribution in [2.45, 2.75) is 47.7 Å². The second kappa shape index (κ2) is 10.8. The van der Waals surface area contributed by atoms with Crippen LogP contribution in [0.25, 0.3) is 11.0 Å². The molecule has 2 aliphatic carbocycles. The zero-order valence-corrected chi connectivity index (χ0v) is 23.6. The van der Waals surface area contributed by atoms with E-state index in [9.17, 15) is 35.3 Å². The molecule has 2 fully saturated rings. The van der Waals surface area contributed by atoms with Gasteiger partial charge in [-0.2, -0.15) is 16.8 Å². The van der Waals surface area contributed by atoms with E-state index < -0.39 is 78.4 Å². The lowest BCUT2D eigenvalue weighted by atomic mass is 10.00. The summed E-state index contributed by atoms with van der Waals surface area (Å²) in [5.41, 5.74) is -1.03. The predicted molar refractivity (Wildman–Crippen MR) is 142 cm³/mol. The summed E-state index contributed by atoms with van der Waals surface area (Å²) in [5.74, 6) is -4.54. The van der Waals surface area contributed by atoms with Crippen LogP contribution < -0.4 is 5.32 Å². The number of nitrogens with one attached hydrogen (secondary N) is 1. The van der Waals surface area contributed by atoms with Crippen LogP contribution in [0.3, 0.4) is 0 Å². The van der Waals surface area contributed by atoms with E-state index in [1.54, 1.807) is 0 Å². The van der Waals surface area contributed by atoms with E-state index in [2.05, 4.69) is 5.32 Å². The van der Waals surface area contributed by atoms with Crippen LogP contribution in [0.15, 0.2) is 34.9 Å². The van der Waals surface area contributed by atoms with Crippen molar-refractivity contribution in [3.63, 3.8) is 0 Å². The van der Waals surface area contributed by atoms with Crippen molar-refractivity contribution in [2.24, 2.45) is 0 Å². The predicted octanol–water partition coefficient (Wildman–Crippen LogP) is 4.09. The Balaban J connectivity index is 0.000000438. The number of hydrogen-bond donors (Lipinski definition) is 5. The summed E-state index contributed by atoms with van der Waals surface area (Å²) in [6.07, 6.45) is 0.0763. The number of fused-ring (bicyclic) bond motifs is 1. The smallest absolute Gasteiger partial charge is 0.271 e. The van der Waals surface area contributed by atoms with Gasteiger partial charge in [-0.3, -0.25) is 9.11 Å². The van der Waals surface area contributed by atoms with Crippen LogP contribution in [0, 0.1) is 21.0 Å². The molecule has 5 N–H and O–H groups in total. The van der Waals surface area contributed by atoms with Gasteiger partial charge in [0.2, 0.25) is 0 Å². The first-order valence-corrected chi connectivity index (χ1v) is 15.4. The molecule has 3 unspecified atom stereocenters. The van der Waals surface area contributed by atoms with Gasteiger partial charge in [0.15, 0.2) is 11.6 Å². The first kappa shape index (κ1) is 30.0. The molecule has 0 amide bonds. The van der Waals surface area contributed by atoms with Crippen molar-refractivity contribution in [2.75, 3.05) is 11.9 Å². The molecular weight excluding hydrogens is 682 g/mol. The largest absolute Gasteiger partial charge is 0.464 e. The number of rotatable bonds is 8. The maximum absolute atomic E-state index is 15.1. The molecule has 0 bridgehead atoms. The van der Waals surface area contributed by atoms with Crippen LogP contribution in [0.4, 0.5) is 24.5 Å². The summed E-state index contributed by atoms with van der Waals surface area (Å²) in [6, 6.07) is 5.16. The summed E-state index contributed by atoms with van der Waals surface area (Å²) >= 11 is 1.88. The molecule has 0 saturated heterocycles. The average molecular weight is 705 g/mol. The number of furan rings is 1. The van der Waals surface area contributed by atoms with Gasteiger partial charge in [-0.05, 0) is 72.5 Å². The summed E-state index contributed by atoms with van der Waals surface area (Å²) in [6.45, 7) is -0.767. The van der Waals surface area contributed by atoms with Crippen molar-refractivity contribution >= 4 is 65.2 Å². The summed E-state index contributed by atoms with van der Waals surface area (Å²) in [4.78, 5) is 0. The maximum Gasteiger partial charge on any atom is 0.271 e. The lowest BCUT2D eigenvalue weighted by Gasteiger charge is -2.20. The van der Waals surface area contributed by atoms with E-state index in [0.717, 1.165) is 12.3 Å². The molecule has 3 aromatic rings. The third kappa shape index (κ3) is 6.06. The van der Waals surface area contributed by atoms with Gasteiger partial charge in [0, 0.05) is 15.1 Å². The van der Waals surface area contributed by atoms with Gasteiger partial charge in [0.1, 0.15) is 16.1 Å². The number of aliphatic hydroxyl groups is 2. The molecule has 214 valence electrons. The van der Waals surface area contributed by atoms with Gasteiger partial charge < -0.3 is 19.9 Å². The zero-order valence-electron chi connectivity index (χ0n) is 19.8. The van der Waals surface area contributed by atoms with Gasteiger partial charge >= 0.3 is 0 Å². The molecule has 3 atom stereocenters. The van der Waals surface area contributed by atoms with Crippen molar-refractivity contribution < 1.29 is 53.7 Å². The molecule has 16 heteroatoms. The van der Waals surface area contributed by atoms with Crippen molar-refractivity contribution in [1.29, 1.82) is 0 Å². The normalized spacial score (nSPS) is 21.8. The third-order valence-corrected chi connectivity index (χ3v) is 10.3. The van der Waals surface area contributed by atoms with Gasteiger partial charge in [-0.1, -0.05) is 0 Å². The van der Waals surface area contributed by atoms with Crippen molar-refractivity contribution in [3.8, 4) is 0 Å². The van der Waals surface area contributed by atoms with E-state index in [1.807, 2.05) is 22.6 Å². The molecule has 39 heavy (non-hydrogen) atoms. The standard InChI is InChI=1S/C20H17F3INO6S.C3H6O3S/c21-13-5-9(24)1-2-14(13)25-18-15(19-11(3-4-31-19)16(22)17(18)23)12-7-20(12,32(28,29)30)6-10(27)8-26;4-7(5,6)3-1-2-3/h1-5,10,12,25-27H,6-8H2,(H,28,29,30);3H,1-2H2,(H,4,5,6). The SMILES string of the molecule is O=S(=O)(O)C1(CC(O)CO)CC1c1c(Nc2ccc(I)cc2F)c(F)c(F)c2ccoc12.O=S(=O)(O)C1CC1. The highest BCUT2D eigenvalue weighted by molar-refractivity contribution is 14.1. The number of benzene rings is 2. The Labute approximate surface area is 234 Å². The van der Waals surface area contributed by atoms with Gasteiger partial charge in [0.25, 0.3) is 20.2 Å². The fourth-order valence-corrected chi connectivity index (χ4v) is 6.87. The highest BCUT2D eigenvalue weighted by Gasteiger charge is 2.66. The molecular formula is C23H23F3INO9S2. The molecule has 2 aliphatic rings. The van der Waals surface area contributed by atoms with E-state index in [1.165, 1.54) is 18.2 Å². The Bertz CT molecular complexity index is 1630. The second-order valence-corrected chi connectivity index (χ2v) is 14.1. The minimum atomic E-state index is -4.80. The van der Waals surface area contributed by atoms with Crippen LogP contribution in [0.1, 0.15) is 37.2 Å².